The molecule has 0 aromatic heterocycles. The first-order valence-corrected chi connectivity index (χ1v) is 8.58. The quantitative estimate of drug-likeness (QED) is 0.329. The highest BCUT2D eigenvalue weighted by Crippen LogP contribution is 2.25. The molecule has 8 heteroatoms. The second kappa shape index (κ2) is 11.0. The Morgan fingerprint density at radius 1 is 1.08 bits per heavy atom. The number of aliphatic hydroxyl groups excluding tert-OH is 4. The van der Waals surface area contributed by atoms with E-state index in [9.17, 15) is 20.1 Å². The summed E-state index contributed by atoms with van der Waals surface area (Å²) < 4.78 is 10.8. The van der Waals surface area contributed by atoms with Crippen LogP contribution in [0.5, 0.6) is 0 Å². The van der Waals surface area contributed by atoms with Gasteiger partial charge in [0.15, 0.2) is 6.29 Å². The van der Waals surface area contributed by atoms with E-state index in [2.05, 4.69) is 6.92 Å². The van der Waals surface area contributed by atoms with E-state index in [4.69, 9.17) is 19.7 Å². The minimum atomic E-state index is -1.53. The number of hydrogen-bond donors (Lipinski definition) is 5. The van der Waals surface area contributed by atoms with Crippen LogP contribution in [0.3, 0.4) is 0 Å². The summed E-state index contributed by atoms with van der Waals surface area (Å²) in [7, 11) is 0. The van der Waals surface area contributed by atoms with Gasteiger partial charge in [0, 0.05) is 0 Å². The molecule has 1 heterocycles. The van der Waals surface area contributed by atoms with Gasteiger partial charge in [0.25, 0.3) is 0 Å². The number of aliphatic hydroxyl groups is 4. The van der Waals surface area contributed by atoms with Crippen LogP contribution in [0, 0.1) is 0 Å². The zero-order valence-corrected chi connectivity index (χ0v) is 14.1. The van der Waals surface area contributed by atoms with Crippen molar-refractivity contribution in [2.75, 3.05) is 6.61 Å². The third-order valence-electron chi connectivity index (χ3n) is 4.21. The van der Waals surface area contributed by atoms with Gasteiger partial charge in [-0.05, 0) is 6.42 Å². The van der Waals surface area contributed by atoms with Crippen molar-refractivity contribution in [3.63, 3.8) is 0 Å². The Hall–Kier alpha value is -0.770. The Morgan fingerprint density at radius 2 is 1.75 bits per heavy atom. The maximum absolute atomic E-state index is 11.0. The van der Waals surface area contributed by atoms with Crippen LogP contribution in [0.4, 0.5) is 0 Å². The smallest absolute Gasteiger partial charge is 0.305 e. The van der Waals surface area contributed by atoms with Crippen LogP contribution in [0.2, 0.25) is 0 Å². The molecule has 0 saturated carbocycles. The number of unbranched alkanes of at least 4 members (excludes halogenated alkanes) is 4. The lowest BCUT2D eigenvalue weighted by atomic mass is 9.99. The zero-order valence-electron chi connectivity index (χ0n) is 14.1. The van der Waals surface area contributed by atoms with Crippen LogP contribution in [-0.2, 0) is 14.3 Å². The molecule has 1 fully saturated rings. The van der Waals surface area contributed by atoms with Crippen molar-refractivity contribution in [1.82, 2.24) is 0 Å². The molecule has 1 aliphatic rings. The summed E-state index contributed by atoms with van der Waals surface area (Å²) in [5.74, 6) is -1.03. The fourth-order valence-electron chi connectivity index (χ4n) is 2.76. The molecule has 6 atom stereocenters. The van der Waals surface area contributed by atoms with Crippen molar-refractivity contribution in [2.45, 2.75) is 88.7 Å². The molecule has 6 unspecified atom stereocenters. The van der Waals surface area contributed by atoms with E-state index < -0.39 is 49.4 Å². The monoisotopic (exact) mass is 350 g/mol. The first kappa shape index (κ1) is 21.3. The second-order valence-electron chi connectivity index (χ2n) is 6.26. The van der Waals surface area contributed by atoms with E-state index in [0.717, 1.165) is 32.1 Å². The fraction of sp³-hybridized carbons (Fsp3) is 0.938. The van der Waals surface area contributed by atoms with Crippen LogP contribution in [0.15, 0.2) is 0 Å². The van der Waals surface area contributed by atoms with Gasteiger partial charge >= 0.3 is 5.97 Å². The highest BCUT2D eigenvalue weighted by molar-refractivity contribution is 5.67. The minimum absolute atomic E-state index is 0.247. The fourth-order valence-corrected chi connectivity index (χ4v) is 2.76. The van der Waals surface area contributed by atoms with Gasteiger partial charge in [-0.25, -0.2) is 0 Å². The molecule has 0 spiro atoms. The third kappa shape index (κ3) is 6.62. The summed E-state index contributed by atoms with van der Waals surface area (Å²) in [6, 6.07) is 0. The Bertz CT molecular complexity index is 362. The van der Waals surface area contributed by atoms with E-state index >= 15 is 0 Å². The number of carbonyl (C=O) groups is 1. The number of carboxylic acid groups (broad SMARTS) is 1. The predicted octanol–water partition coefficient (Wildman–Crippen LogP) is 0.00670. The number of aliphatic carboxylic acids is 1. The summed E-state index contributed by atoms with van der Waals surface area (Å²) in [5.41, 5.74) is 0. The molecule has 24 heavy (non-hydrogen) atoms. The SMILES string of the molecule is CCCCCCCC(CC(=O)O)OC1OC(CO)C(O)C(O)C1O. The summed E-state index contributed by atoms with van der Waals surface area (Å²) >= 11 is 0. The summed E-state index contributed by atoms with van der Waals surface area (Å²) in [6.45, 7) is 1.56. The first-order chi connectivity index (χ1) is 11.4. The van der Waals surface area contributed by atoms with Gasteiger partial charge < -0.3 is 35.0 Å². The van der Waals surface area contributed by atoms with Crippen LogP contribution >= 0.6 is 0 Å². The maximum atomic E-state index is 11.0. The van der Waals surface area contributed by atoms with E-state index in [0.29, 0.717) is 6.42 Å². The van der Waals surface area contributed by atoms with E-state index in [1.165, 1.54) is 0 Å². The number of hydrogen-bond acceptors (Lipinski definition) is 7. The third-order valence-corrected chi connectivity index (χ3v) is 4.21. The molecule has 1 aliphatic heterocycles. The predicted molar refractivity (Wildman–Crippen MR) is 84.3 cm³/mol. The van der Waals surface area contributed by atoms with E-state index in [-0.39, 0.29) is 6.42 Å². The normalized spacial score (nSPS) is 31.8. The molecular weight excluding hydrogens is 320 g/mol. The summed E-state index contributed by atoms with van der Waals surface area (Å²) in [4.78, 5) is 11.0. The van der Waals surface area contributed by atoms with Gasteiger partial charge in [-0.2, -0.15) is 0 Å². The molecule has 0 aliphatic carbocycles. The highest BCUT2D eigenvalue weighted by Gasteiger charge is 2.44. The largest absolute Gasteiger partial charge is 0.481 e. The molecule has 8 nitrogen and oxygen atoms in total. The Morgan fingerprint density at radius 3 is 2.33 bits per heavy atom. The molecule has 1 saturated heterocycles. The minimum Gasteiger partial charge on any atom is -0.481 e. The van der Waals surface area contributed by atoms with Crippen LogP contribution < -0.4 is 0 Å². The van der Waals surface area contributed by atoms with Gasteiger partial charge in [-0.3, -0.25) is 4.79 Å². The lowest BCUT2D eigenvalue weighted by molar-refractivity contribution is -0.311. The standard InChI is InChI=1S/C16H30O8/c1-2-3-4-5-6-7-10(8-12(18)19)23-16-15(22)14(21)13(20)11(9-17)24-16/h10-11,13-17,20-22H,2-9H2,1H3,(H,18,19). The van der Waals surface area contributed by atoms with Gasteiger partial charge in [0.2, 0.25) is 0 Å². The van der Waals surface area contributed by atoms with Crippen molar-refractivity contribution in [2.24, 2.45) is 0 Å². The maximum Gasteiger partial charge on any atom is 0.305 e. The van der Waals surface area contributed by atoms with Gasteiger partial charge in [0.05, 0.1) is 19.1 Å². The lowest BCUT2D eigenvalue weighted by Crippen LogP contribution is -2.59. The van der Waals surface area contributed by atoms with Crippen molar-refractivity contribution >= 4 is 5.97 Å². The number of ether oxygens (including phenoxy) is 2. The first-order valence-electron chi connectivity index (χ1n) is 8.58. The Balaban J connectivity index is 2.58. The second-order valence-corrected chi connectivity index (χ2v) is 6.26. The molecule has 1 rings (SSSR count). The highest BCUT2D eigenvalue weighted by atomic mass is 16.7. The summed E-state index contributed by atoms with van der Waals surface area (Å²) in [6.07, 6.45) is -2.25. The van der Waals surface area contributed by atoms with Crippen LogP contribution in [0.1, 0.15) is 51.9 Å². The molecular formula is C16H30O8. The number of rotatable bonds is 11. The lowest BCUT2D eigenvalue weighted by Gasteiger charge is -2.40. The van der Waals surface area contributed by atoms with Crippen molar-refractivity contribution in [1.29, 1.82) is 0 Å². The van der Waals surface area contributed by atoms with E-state index in [1.807, 2.05) is 0 Å². The molecule has 0 bridgehead atoms. The van der Waals surface area contributed by atoms with Gasteiger partial charge in [0.1, 0.15) is 24.4 Å². The average Bonchev–Trinajstić information content (AvgIpc) is 2.54. The van der Waals surface area contributed by atoms with Crippen LogP contribution in [0.25, 0.3) is 0 Å². The number of carboxylic acids is 1. The van der Waals surface area contributed by atoms with Crippen molar-refractivity contribution in [3.8, 4) is 0 Å². The zero-order chi connectivity index (χ0) is 18.1. The molecule has 0 amide bonds. The summed E-state index contributed by atoms with van der Waals surface area (Å²) in [5, 5.41) is 47.6. The molecule has 0 radical (unpaired) electrons. The topological polar surface area (TPSA) is 137 Å². The van der Waals surface area contributed by atoms with E-state index in [1.54, 1.807) is 0 Å². The average molecular weight is 350 g/mol. The van der Waals surface area contributed by atoms with Crippen LogP contribution in [-0.4, -0.2) is 74.9 Å². The van der Waals surface area contributed by atoms with Crippen molar-refractivity contribution < 1.29 is 39.8 Å². The molecule has 0 aromatic carbocycles. The van der Waals surface area contributed by atoms with Crippen molar-refractivity contribution in [3.05, 3.63) is 0 Å². The molecule has 5 N–H and O–H groups in total. The molecule has 0 aromatic rings. The Kier molecular flexibility index (Phi) is 9.72. The molecule has 142 valence electrons. The van der Waals surface area contributed by atoms with Gasteiger partial charge in [-0.1, -0.05) is 39.0 Å². The van der Waals surface area contributed by atoms with Gasteiger partial charge in [-0.15, -0.1) is 0 Å². The Labute approximate surface area is 142 Å².